The van der Waals surface area contributed by atoms with Crippen molar-refractivity contribution in [1.82, 2.24) is 25.5 Å². The first-order chi connectivity index (χ1) is 16.5. The van der Waals surface area contributed by atoms with Crippen molar-refractivity contribution < 1.29 is 39.0 Å². The van der Waals surface area contributed by atoms with Crippen molar-refractivity contribution in [1.29, 1.82) is 0 Å². The summed E-state index contributed by atoms with van der Waals surface area (Å²) >= 11 is 0. The van der Waals surface area contributed by atoms with E-state index in [9.17, 15) is 33.9 Å². The lowest BCUT2D eigenvalue weighted by molar-refractivity contribution is -0.145. The molecule has 1 aliphatic rings. The second kappa shape index (κ2) is 12.5. The number of hydrogen-bond acceptors (Lipinski definition) is 8. The molecule has 1 aliphatic heterocycles. The Morgan fingerprint density at radius 1 is 1.17 bits per heavy atom. The van der Waals surface area contributed by atoms with Gasteiger partial charge in [-0.2, -0.15) is 0 Å². The number of carbonyl (C=O) groups excluding carboxylic acids is 4. The zero-order valence-electron chi connectivity index (χ0n) is 18.8. The van der Waals surface area contributed by atoms with Gasteiger partial charge in [0.15, 0.2) is 0 Å². The zero-order valence-corrected chi connectivity index (χ0v) is 18.8. The molecule has 15 nitrogen and oxygen atoms in total. The minimum absolute atomic E-state index is 0.0592. The Labute approximate surface area is 199 Å². The van der Waals surface area contributed by atoms with E-state index in [1.165, 1.54) is 12.5 Å². The molecule has 0 bridgehead atoms. The maximum absolute atomic E-state index is 13.2. The van der Waals surface area contributed by atoms with Gasteiger partial charge in [-0.3, -0.25) is 24.0 Å². The number of aliphatic carboxylic acids is 2. The number of primary amides is 1. The molecule has 4 atom stereocenters. The Balaban J connectivity index is 2.10. The van der Waals surface area contributed by atoms with Crippen LogP contribution in [0.4, 0.5) is 0 Å². The highest BCUT2D eigenvalue weighted by molar-refractivity contribution is 5.96. The van der Waals surface area contributed by atoms with E-state index in [2.05, 4.69) is 20.6 Å². The SMILES string of the molecule is NC(=O)CC(NC(=O)C(N)CCC(=O)O)C(=O)N1CCCC1C(=O)NC(Cc1cnc[nH]1)C(=O)O. The fourth-order valence-corrected chi connectivity index (χ4v) is 3.68. The summed E-state index contributed by atoms with van der Waals surface area (Å²) in [5.74, 6) is -5.65. The number of carboxylic acids is 2. The number of H-pyrrole nitrogens is 1. The molecule has 0 radical (unpaired) electrons. The number of likely N-dealkylation sites (tertiary alicyclic amines) is 1. The van der Waals surface area contributed by atoms with Gasteiger partial charge in [0.1, 0.15) is 18.1 Å². The molecule has 0 aliphatic carbocycles. The van der Waals surface area contributed by atoms with E-state index in [0.29, 0.717) is 12.1 Å². The molecule has 1 fully saturated rings. The topological polar surface area (TPSA) is 251 Å². The molecule has 2 rings (SSSR count). The fraction of sp³-hybridized carbons (Fsp3) is 0.550. The average molecular weight is 495 g/mol. The summed E-state index contributed by atoms with van der Waals surface area (Å²) in [6.45, 7) is 0.130. The lowest BCUT2D eigenvalue weighted by Crippen LogP contribution is -2.57. The van der Waals surface area contributed by atoms with E-state index < -0.39 is 66.2 Å². The Morgan fingerprint density at radius 2 is 1.89 bits per heavy atom. The molecule has 0 aromatic carbocycles. The second-order valence-corrected chi connectivity index (χ2v) is 8.14. The minimum Gasteiger partial charge on any atom is -0.481 e. The lowest BCUT2D eigenvalue weighted by Gasteiger charge is -2.29. The van der Waals surface area contributed by atoms with Crippen LogP contribution in [-0.4, -0.2) is 91.4 Å². The quantitative estimate of drug-likeness (QED) is 0.147. The highest BCUT2D eigenvalue weighted by atomic mass is 16.4. The molecule has 9 N–H and O–H groups in total. The van der Waals surface area contributed by atoms with E-state index in [1.54, 1.807) is 0 Å². The molecule has 15 heteroatoms. The predicted molar refractivity (Wildman–Crippen MR) is 117 cm³/mol. The van der Waals surface area contributed by atoms with Crippen LogP contribution < -0.4 is 22.1 Å². The Bertz CT molecular complexity index is 951. The molecule has 0 saturated carbocycles. The van der Waals surface area contributed by atoms with Gasteiger partial charge < -0.3 is 42.2 Å². The number of carboxylic acid groups (broad SMARTS) is 2. The molecule has 192 valence electrons. The van der Waals surface area contributed by atoms with Crippen LogP contribution in [-0.2, 0) is 35.2 Å². The van der Waals surface area contributed by atoms with Crippen LogP contribution in [0.25, 0.3) is 0 Å². The number of amides is 4. The monoisotopic (exact) mass is 495 g/mol. The largest absolute Gasteiger partial charge is 0.481 e. The van der Waals surface area contributed by atoms with Gasteiger partial charge >= 0.3 is 11.9 Å². The predicted octanol–water partition coefficient (Wildman–Crippen LogP) is -2.94. The normalized spacial score (nSPS) is 17.7. The first kappa shape index (κ1) is 27.2. The van der Waals surface area contributed by atoms with Crippen molar-refractivity contribution in [2.45, 2.75) is 62.7 Å². The maximum atomic E-state index is 13.2. The van der Waals surface area contributed by atoms with Crippen molar-refractivity contribution in [3.63, 3.8) is 0 Å². The molecular formula is C20H29N7O8. The van der Waals surface area contributed by atoms with Gasteiger partial charge in [-0.15, -0.1) is 0 Å². The molecule has 1 aromatic heterocycles. The van der Waals surface area contributed by atoms with Crippen LogP contribution in [0.1, 0.15) is 37.8 Å². The third-order valence-corrected chi connectivity index (χ3v) is 5.46. The number of carbonyl (C=O) groups is 6. The van der Waals surface area contributed by atoms with Crippen molar-refractivity contribution >= 4 is 35.6 Å². The number of nitrogens with one attached hydrogen (secondary N) is 3. The van der Waals surface area contributed by atoms with E-state index in [0.717, 1.165) is 4.90 Å². The highest BCUT2D eigenvalue weighted by Gasteiger charge is 2.39. The molecule has 4 unspecified atom stereocenters. The number of nitrogens with two attached hydrogens (primary N) is 2. The third kappa shape index (κ3) is 8.06. The van der Waals surface area contributed by atoms with Crippen LogP contribution in [0.2, 0.25) is 0 Å². The summed E-state index contributed by atoms with van der Waals surface area (Å²) in [6, 6.07) is -4.98. The molecule has 1 saturated heterocycles. The van der Waals surface area contributed by atoms with E-state index in [4.69, 9.17) is 16.6 Å². The first-order valence-corrected chi connectivity index (χ1v) is 10.9. The summed E-state index contributed by atoms with van der Waals surface area (Å²) in [6.07, 6.45) is 2.26. The molecule has 2 heterocycles. The second-order valence-electron chi connectivity index (χ2n) is 8.14. The zero-order chi connectivity index (χ0) is 26.1. The standard InChI is InChI=1S/C20H29N7O8/c21-11(3-4-16(29)30)17(31)25-12(7-15(22)28)19(33)27-5-1-2-14(27)18(32)26-13(20(34)35)6-10-8-23-9-24-10/h8-9,11-14H,1-7,21H2,(H2,22,28)(H,23,24)(H,25,31)(H,26,32)(H,29,30)(H,34,35). The Morgan fingerprint density at radius 3 is 2.46 bits per heavy atom. The van der Waals surface area contributed by atoms with Gasteiger partial charge in [0.05, 0.1) is 18.8 Å². The van der Waals surface area contributed by atoms with Crippen molar-refractivity contribution in [2.24, 2.45) is 11.5 Å². The van der Waals surface area contributed by atoms with E-state index in [-0.39, 0.29) is 32.2 Å². The van der Waals surface area contributed by atoms with Gasteiger partial charge in [0, 0.05) is 31.3 Å². The summed E-state index contributed by atoms with van der Waals surface area (Å²) in [4.78, 5) is 79.9. The summed E-state index contributed by atoms with van der Waals surface area (Å²) in [5.41, 5.74) is 11.4. The van der Waals surface area contributed by atoms with Crippen LogP contribution in [0.3, 0.4) is 0 Å². The molecule has 1 aromatic rings. The smallest absolute Gasteiger partial charge is 0.326 e. The van der Waals surface area contributed by atoms with Crippen molar-refractivity contribution in [3.05, 3.63) is 18.2 Å². The molecule has 0 spiro atoms. The maximum Gasteiger partial charge on any atom is 0.326 e. The number of aromatic amines is 1. The molecular weight excluding hydrogens is 466 g/mol. The van der Waals surface area contributed by atoms with Crippen molar-refractivity contribution in [2.75, 3.05) is 6.54 Å². The van der Waals surface area contributed by atoms with Crippen LogP contribution in [0, 0.1) is 0 Å². The van der Waals surface area contributed by atoms with Crippen LogP contribution >= 0.6 is 0 Å². The van der Waals surface area contributed by atoms with Crippen LogP contribution in [0.5, 0.6) is 0 Å². The van der Waals surface area contributed by atoms with Gasteiger partial charge in [0.2, 0.25) is 23.6 Å². The van der Waals surface area contributed by atoms with Crippen LogP contribution in [0.15, 0.2) is 12.5 Å². The minimum atomic E-state index is -1.43. The summed E-state index contributed by atoms with van der Waals surface area (Å²) in [7, 11) is 0. The van der Waals surface area contributed by atoms with Crippen molar-refractivity contribution in [3.8, 4) is 0 Å². The Hall–Kier alpha value is -4.01. The van der Waals surface area contributed by atoms with Gasteiger partial charge in [-0.1, -0.05) is 0 Å². The Kier molecular flexibility index (Phi) is 9.69. The number of hydrogen-bond donors (Lipinski definition) is 7. The van der Waals surface area contributed by atoms with E-state index >= 15 is 0 Å². The number of rotatable bonds is 13. The lowest BCUT2D eigenvalue weighted by atomic mass is 10.1. The highest BCUT2D eigenvalue weighted by Crippen LogP contribution is 2.20. The summed E-state index contributed by atoms with van der Waals surface area (Å²) in [5, 5.41) is 22.9. The summed E-state index contributed by atoms with van der Waals surface area (Å²) < 4.78 is 0. The van der Waals surface area contributed by atoms with Gasteiger partial charge in [0.25, 0.3) is 0 Å². The fourth-order valence-electron chi connectivity index (χ4n) is 3.68. The number of nitrogens with zero attached hydrogens (tertiary/aromatic N) is 2. The molecule has 35 heavy (non-hydrogen) atoms. The van der Waals surface area contributed by atoms with E-state index in [1.807, 2.05) is 0 Å². The first-order valence-electron chi connectivity index (χ1n) is 10.9. The van der Waals surface area contributed by atoms with Gasteiger partial charge in [-0.25, -0.2) is 9.78 Å². The average Bonchev–Trinajstić information content (AvgIpc) is 3.47. The third-order valence-electron chi connectivity index (χ3n) is 5.46. The number of imidazole rings is 1. The van der Waals surface area contributed by atoms with Gasteiger partial charge in [-0.05, 0) is 19.3 Å². The number of aromatic nitrogens is 2. The molecule has 4 amide bonds.